The minimum Gasteiger partial charge on any atom is -0.478 e. The number of hydrogen-bond donors (Lipinski definition) is 1. The monoisotopic (exact) mass is 284 g/mol. The Bertz CT molecular complexity index is 465. The van der Waals surface area contributed by atoms with Gasteiger partial charge in [-0.05, 0) is 24.8 Å². The molecule has 5 nitrogen and oxygen atoms in total. The van der Waals surface area contributed by atoms with Crippen molar-refractivity contribution in [2.75, 3.05) is 31.7 Å². The van der Waals surface area contributed by atoms with E-state index < -0.39 is 5.97 Å². The summed E-state index contributed by atoms with van der Waals surface area (Å²) in [5.41, 5.74) is 0.110. The summed E-state index contributed by atoms with van der Waals surface area (Å²) < 4.78 is 5.19. The molecule has 1 N–H and O–H groups in total. The van der Waals surface area contributed by atoms with E-state index in [-0.39, 0.29) is 5.56 Å². The number of carbonyl (C=O) groups is 1. The molecule has 0 bridgehead atoms. The molecular formula is C13H17ClN2O3. The van der Waals surface area contributed by atoms with E-state index in [1.807, 2.05) is 0 Å². The SMILES string of the molecule is COCC1CCCN(c2ncc(C(=O)O)cc2Cl)C1. The van der Waals surface area contributed by atoms with Crippen molar-refractivity contribution in [1.82, 2.24) is 4.98 Å². The van der Waals surface area contributed by atoms with E-state index in [0.717, 1.165) is 32.5 Å². The highest BCUT2D eigenvalue weighted by atomic mass is 35.5. The van der Waals surface area contributed by atoms with Gasteiger partial charge in [0.2, 0.25) is 0 Å². The van der Waals surface area contributed by atoms with Crippen LogP contribution in [-0.2, 0) is 4.74 Å². The third-order valence-electron chi connectivity index (χ3n) is 3.29. The summed E-state index contributed by atoms with van der Waals surface area (Å²) in [5.74, 6) is 0.111. The van der Waals surface area contributed by atoms with Crippen LogP contribution in [0, 0.1) is 5.92 Å². The second kappa shape index (κ2) is 6.21. The zero-order valence-corrected chi connectivity index (χ0v) is 11.6. The molecule has 0 spiro atoms. The molecule has 1 saturated heterocycles. The van der Waals surface area contributed by atoms with Gasteiger partial charge in [-0.15, -0.1) is 0 Å². The van der Waals surface area contributed by atoms with E-state index in [9.17, 15) is 4.79 Å². The Morgan fingerprint density at radius 2 is 2.47 bits per heavy atom. The third kappa shape index (κ3) is 3.36. The molecule has 104 valence electrons. The number of hydrogen-bond acceptors (Lipinski definition) is 4. The van der Waals surface area contributed by atoms with Gasteiger partial charge in [0, 0.05) is 26.4 Å². The minimum absolute atomic E-state index is 0.110. The van der Waals surface area contributed by atoms with Crippen molar-refractivity contribution in [3.8, 4) is 0 Å². The van der Waals surface area contributed by atoms with Gasteiger partial charge in [-0.3, -0.25) is 0 Å². The Hall–Kier alpha value is -1.33. The van der Waals surface area contributed by atoms with Gasteiger partial charge < -0.3 is 14.7 Å². The topological polar surface area (TPSA) is 62.7 Å². The number of carboxylic acids is 1. The van der Waals surface area contributed by atoms with E-state index in [2.05, 4.69) is 9.88 Å². The number of methoxy groups -OCH3 is 1. The lowest BCUT2D eigenvalue weighted by molar-refractivity contribution is 0.0696. The maximum atomic E-state index is 10.8. The quantitative estimate of drug-likeness (QED) is 0.919. The van der Waals surface area contributed by atoms with Gasteiger partial charge in [-0.25, -0.2) is 9.78 Å². The number of anilines is 1. The Kier molecular flexibility index (Phi) is 4.61. The summed E-state index contributed by atoms with van der Waals surface area (Å²) >= 11 is 6.13. The number of halogens is 1. The van der Waals surface area contributed by atoms with Gasteiger partial charge in [0.1, 0.15) is 5.82 Å². The van der Waals surface area contributed by atoms with Gasteiger partial charge in [0.25, 0.3) is 0 Å². The first kappa shape index (κ1) is 14.1. The van der Waals surface area contributed by atoms with Gasteiger partial charge >= 0.3 is 5.97 Å². The first-order valence-electron chi connectivity index (χ1n) is 6.24. The Labute approximate surface area is 117 Å². The largest absolute Gasteiger partial charge is 0.478 e. The van der Waals surface area contributed by atoms with Crippen LogP contribution in [0.3, 0.4) is 0 Å². The molecule has 1 unspecified atom stereocenters. The van der Waals surface area contributed by atoms with Crippen LogP contribution in [0.2, 0.25) is 5.02 Å². The highest BCUT2D eigenvalue weighted by molar-refractivity contribution is 6.33. The summed E-state index contributed by atoms with van der Waals surface area (Å²) in [5, 5.41) is 9.28. The van der Waals surface area contributed by atoms with Crippen LogP contribution in [0.5, 0.6) is 0 Å². The molecule has 19 heavy (non-hydrogen) atoms. The summed E-state index contributed by atoms with van der Waals surface area (Å²) in [6.45, 7) is 2.45. The molecule has 1 aliphatic rings. The number of ether oxygens (including phenoxy) is 1. The Morgan fingerprint density at radius 1 is 1.68 bits per heavy atom. The van der Waals surface area contributed by atoms with Crippen molar-refractivity contribution in [2.24, 2.45) is 5.92 Å². The third-order valence-corrected chi connectivity index (χ3v) is 3.57. The molecule has 1 aromatic rings. The second-order valence-electron chi connectivity index (χ2n) is 4.74. The van der Waals surface area contributed by atoms with Crippen molar-refractivity contribution in [2.45, 2.75) is 12.8 Å². The fraction of sp³-hybridized carbons (Fsp3) is 0.538. The average Bonchev–Trinajstić information content (AvgIpc) is 2.39. The average molecular weight is 285 g/mol. The summed E-state index contributed by atoms with van der Waals surface area (Å²) in [4.78, 5) is 17.1. The fourth-order valence-electron chi connectivity index (χ4n) is 2.41. The van der Waals surface area contributed by atoms with Crippen molar-refractivity contribution in [3.63, 3.8) is 0 Å². The highest BCUT2D eigenvalue weighted by Gasteiger charge is 2.23. The summed E-state index contributed by atoms with van der Waals surface area (Å²) in [7, 11) is 1.70. The van der Waals surface area contributed by atoms with E-state index in [1.165, 1.54) is 12.3 Å². The van der Waals surface area contributed by atoms with Crippen LogP contribution in [0.25, 0.3) is 0 Å². The smallest absolute Gasteiger partial charge is 0.337 e. The number of rotatable bonds is 4. The van der Waals surface area contributed by atoms with E-state index in [0.29, 0.717) is 16.8 Å². The van der Waals surface area contributed by atoms with Crippen LogP contribution in [-0.4, -0.2) is 42.9 Å². The lowest BCUT2D eigenvalue weighted by atomic mass is 9.99. The van der Waals surface area contributed by atoms with Gasteiger partial charge in [0.05, 0.1) is 17.2 Å². The van der Waals surface area contributed by atoms with Gasteiger partial charge in [0.15, 0.2) is 0 Å². The first-order valence-corrected chi connectivity index (χ1v) is 6.62. The molecule has 1 aliphatic heterocycles. The normalized spacial score (nSPS) is 19.5. The maximum absolute atomic E-state index is 10.8. The van der Waals surface area contributed by atoms with E-state index >= 15 is 0 Å². The molecule has 2 rings (SSSR count). The lowest BCUT2D eigenvalue weighted by Crippen LogP contribution is -2.37. The number of aromatic carboxylic acids is 1. The molecule has 2 heterocycles. The molecule has 1 aromatic heterocycles. The van der Waals surface area contributed by atoms with Crippen molar-refractivity contribution >= 4 is 23.4 Å². The predicted octanol–water partition coefficient (Wildman–Crippen LogP) is 2.30. The Balaban J connectivity index is 2.15. The molecule has 1 fully saturated rings. The number of carboxylic acid groups (broad SMARTS) is 1. The lowest BCUT2D eigenvalue weighted by Gasteiger charge is -2.33. The zero-order valence-electron chi connectivity index (χ0n) is 10.8. The van der Waals surface area contributed by atoms with Crippen LogP contribution in [0.15, 0.2) is 12.3 Å². The fourth-order valence-corrected chi connectivity index (χ4v) is 2.70. The standard InChI is InChI=1S/C13H17ClN2O3/c1-19-8-9-3-2-4-16(7-9)12-11(14)5-10(6-15-12)13(17)18/h5-6,9H,2-4,7-8H2,1H3,(H,17,18). The number of nitrogens with zero attached hydrogens (tertiary/aromatic N) is 2. The molecule has 0 aliphatic carbocycles. The van der Waals surface area contributed by atoms with Crippen molar-refractivity contribution in [1.29, 1.82) is 0 Å². The minimum atomic E-state index is -1.02. The first-order chi connectivity index (χ1) is 9.11. The second-order valence-corrected chi connectivity index (χ2v) is 5.15. The maximum Gasteiger partial charge on any atom is 0.337 e. The molecule has 0 aromatic carbocycles. The van der Waals surface area contributed by atoms with Crippen molar-refractivity contribution in [3.05, 3.63) is 22.8 Å². The summed E-state index contributed by atoms with van der Waals surface area (Å²) in [6.07, 6.45) is 3.55. The van der Waals surface area contributed by atoms with Crippen LogP contribution >= 0.6 is 11.6 Å². The van der Waals surface area contributed by atoms with Gasteiger partial charge in [-0.2, -0.15) is 0 Å². The molecule has 0 radical (unpaired) electrons. The number of piperidine rings is 1. The van der Waals surface area contributed by atoms with Crippen LogP contribution in [0.4, 0.5) is 5.82 Å². The number of pyridine rings is 1. The predicted molar refractivity (Wildman–Crippen MR) is 73.0 cm³/mol. The molecular weight excluding hydrogens is 268 g/mol. The van der Waals surface area contributed by atoms with Crippen molar-refractivity contribution < 1.29 is 14.6 Å². The van der Waals surface area contributed by atoms with E-state index in [1.54, 1.807) is 7.11 Å². The zero-order chi connectivity index (χ0) is 13.8. The molecule has 0 saturated carbocycles. The Morgan fingerprint density at radius 3 is 3.11 bits per heavy atom. The highest BCUT2D eigenvalue weighted by Crippen LogP contribution is 2.28. The van der Waals surface area contributed by atoms with Crippen LogP contribution < -0.4 is 4.90 Å². The van der Waals surface area contributed by atoms with E-state index in [4.69, 9.17) is 21.4 Å². The molecule has 1 atom stereocenters. The summed E-state index contributed by atoms with van der Waals surface area (Å²) in [6, 6.07) is 1.45. The molecule has 6 heteroatoms. The number of aromatic nitrogens is 1. The van der Waals surface area contributed by atoms with Gasteiger partial charge in [-0.1, -0.05) is 11.6 Å². The molecule has 0 amide bonds. The van der Waals surface area contributed by atoms with Crippen LogP contribution in [0.1, 0.15) is 23.2 Å².